The van der Waals surface area contributed by atoms with Gasteiger partial charge in [-0.25, -0.2) is 0 Å². The number of carbonyl (C=O) groups is 1. The molecule has 2 N–H and O–H groups in total. The molecular formula is C15H15NO4. The first-order chi connectivity index (χ1) is 9.62. The van der Waals surface area contributed by atoms with Gasteiger partial charge in [0.15, 0.2) is 0 Å². The number of hydrogen-bond acceptors (Lipinski definition) is 4. The first kappa shape index (κ1) is 13.7. The van der Waals surface area contributed by atoms with E-state index in [9.17, 15) is 9.90 Å². The van der Waals surface area contributed by atoms with Gasteiger partial charge in [-0.05, 0) is 36.4 Å². The summed E-state index contributed by atoms with van der Waals surface area (Å²) in [5.74, 6) is 0.944. The zero-order valence-corrected chi connectivity index (χ0v) is 11.2. The van der Waals surface area contributed by atoms with Crippen molar-refractivity contribution in [1.82, 2.24) is 0 Å². The summed E-state index contributed by atoms with van der Waals surface area (Å²) in [6, 6.07) is 11.2. The van der Waals surface area contributed by atoms with Crippen LogP contribution in [0.4, 0.5) is 5.69 Å². The second kappa shape index (κ2) is 5.97. The van der Waals surface area contributed by atoms with E-state index in [4.69, 9.17) is 9.47 Å². The predicted molar refractivity (Wildman–Crippen MR) is 75.6 cm³/mol. The van der Waals surface area contributed by atoms with Crippen molar-refractivity contribution in [2.75, 3.05) is 19.5 Å². The Kier molecular flexibility index (Phi) is 4.10. The molecule has 0 bridgehead atoms. The number of ether oxygens (including phenoxy) is 2. The van der Waals surface area contributed by atoms with E-state index >= 15 is 0 Å². The maximum Gasteiger partial charge on any atom is 0.255 e. The standard InChI is InChI=1S/C15H15NO4/c1-19-13-7-10(8-14(9-13)20-2)15(18)16-11-3-5-12(17)6-4-11/h3-9,17H,1-2H3,(H,16,18). The number of hydrogen-bond donors (Lipinski definition) is 2. The minimum absolute atomic E-state index is 0.144. The lowest BCUT2D eigenvalue weighted by Gasteiger charge is -2.09. The summed E-state index contributed by atoms with van der Waals surface area (Å²) in [6.07, 6.45) is 0. The van der Waals surface area contributed by atoms with Crippen molar-refractivity contribution >= 4 is 11.6 Å². The van der Waals surface area contributed by atoms with E-state index in [1.807, 2.05) is 0 Å². The Balaban J connectivity index is 2.22. The highest BCUT2D eigenvalue weighted by atomic mass is 16.5. The molecule has 2 aromatic carbocycles. The molecule has 0 spiro atoms. The molecule has 0 atom stereocenters. The average molecular weight is 273 g/mol. The summed E-state index contributed by atoms with van der Waals surface area (Å²) in [5.41, 5.74) is 1.02. The van der Waals surface area contributed by atoms with Crippen LogP contribution in [0.15, 0.2) is 42.5 Å². The summed E-state index contributed by atoms with van der Waals surface area (Å²) in [6.45, 7) is 0. The van der Waals surface area contributed by atoms with Gasteiger partial charge in [-0.15, -0.1) is 0 Å². The van der Waals surface area contributed by atoms with Crippen LogP contribution < -0.4 is 14.8 Å². The Labute approximate surface area is 116 Å². The van der Waals surface area contributed by atoms with E-state index in [-0.39, 0.29) is 11.7 Å². The molecule has 0 heterocycles. The number of nitrogens with one attached hydrogen (secondary N) is 1. The number of methoxy groups -OCH3 is 2. The van der Waals surface area contributed by atoms with E-state index in [0.29, 0.717) is 22.7 Å². The number of benzene rings is 2. The van der Waals surface area contributed by atoms with Crippen LogP contribution in [0.5, 0.6) is 17.2 Å². The monoisotopic (exact) mass is 273 g/mol. The van der Waals surface area contributed by atoms with Gasteiger partial charge in [-0.3, -0.25) is 4.79 Å². The molecule has 0 aliphatic heterocycles. The summed E-state index contributed by atoms with van der Waals surface area (Å²) in [5, 5.41) is 11.9. The molecule has 2 rings (SSSR count). The van der Waals surface area contributed by atoms with Gasteiger partial charge < -0.3 is 19.9 Å². The third kappa shape index (κ3) is 3.20. The molecule has 1 amide bonds. The molecule has 0 saturated carbocycles. The second-order valence-corrected chi connectivity index (χ2v) is 4.10. The van der Waals surface area contributed by atoms with Crippen LogP contribution in [-0.2, 0) is 0 Å². The summed E-state index contributed by atoms with van der Waals surface area (Å²) in [4.78, 5) is 12.2. The van der Waals surface area contributed by atoms with Gasteiger partial charge in [0.05, 0.1) is 14.2 Å². The molecule has 0 aromatic heterocycles. The number of anilines is 1. The molecular weight excluding hydrogens is 258 g/mol. The van der Waals surface area contributed by atoms with Crippen molar-refractivity contribution in [3.05, 3.63) is 48.0 Å². The van der Waals surface area contributed by atoms with E-state index in [0.717, 1.165) is 0 Å². The van der Waals surface area contributed by atoms with Gasteiger partial charge in [0.25, 0.3) is 5.91 Å². The molecule has 20 heavy (non-hydrogen) atoms. The predicted octanol–water partition coefficient (Wildman–Crippen LogP) is 2.66. The molecule has 5 nitrogen and oxygen atoms in total. The van der Waals surface area contributed by atoms with Crippen LogP contribution in [0, 0.1) is 0 Å². The fourth-order valence-electron chi connectivity index (χ4n) is 1.69. The normalized spacial score (nSPS) is 9.90. The number of amides is 1. The van der Waals surface area contributed by atoms with Crippen LogP contribution in [0.1, 0.15) is 10.4 Å². The van der Waals surface area contributed by atoms with Gasteiger partial charge in [-0.2, -0.15) is 0 Å². The van der Waals surface area contributed by atoms with Crippen LogP contribution in [0.2, 0.25) is 0 Å². The molecule has 104 valence electrons. The average Bonchev–Trinajstić information content (AvgIpc) is 2.48. The van der Waals surface area contributed by atoms with Crippen molar-refractivity contribution in [3.8, 4) is 17.2 Å². The maximum atomic E-state index is 12.2. The molecule has 5 heteroatoms. The van der Waals surface area contributed by atoms with Crippen LogP contribution >= 0.6 is 0 Å². The van der Waals surface area contributed by atoms with Crippen molar-refractivity contribution in [2.45, 2.75) is 0 Å². The Bertz CT molecular complexity index is 586. The lowest BCUT2D eigenvalue weighted by Crippen LogP contribution is -2.12. The van der Waals surface area contributed by atoms with E-state index < -0.39 is 0 Å². The zero-order chi connectivity index (χ0) is 14.5. The topological polar surface area (TPSA) is 67.8 Å². The number of aromatic hydroxyl groups is 1. The SMILES string of the molecule is COc1cc(OC)cc(C(=O)Nc2ccc(O)cc2)c1. The largest absolute Gasteiger partial charge is 0.508 e. The highest BCUT2D eigenvalue weighted by molar-refractivity contribution is 6.04. The zero-order valence-electron chi connectivity index (χ0n) is 11.2. The van der Waals surface area contributed by atoms with Gasteiger partial charge in [0.2, 0.25) is 0 Å². The molecule has 0 fully saturated rings. The number of phenolic OH excluding ortho intramolecular Hbond substituents is 1. The van der Waals surface area contributed by atoms with Crippen molar-refractivity contribution < 1.29 is 19.4 Å². The third-order valence-corrected chi connectivity index (χ3v) is 2.74. The maximum absolute atomic E-state index is 12.2. The second-order valence-electron chi connectivity index (χ2n) is 4.10. The number of carbonyl (C=O) groups excluding carboxylic acids is 1. The lowest BCUT2D eigenvalue weighted by atomic mass is 10.2. The molecule has 0 saturated heterocycles. The Hall–Kier alpha value is -2.69. The molecule has 0 aliphatic carbocycles. The Morgan fingerprint density at radius 2 is 1.55 bits per heavy atom. The minimum atomic E-state index is -0.284. The molecule has 0 unspecified atom stereocenters. The highest BCUT2D eigenvalue weighted by Gasteiger charge is 2.10. The molecule has 0 aliphatic rings. The molecule has 0 radical (unpaired) electrons. The first-order valence-corrected chi connectivity index (χ1v) is 5.96. The quantitative estimate of drug-likeness (QED) is 0.840. The van der Waals surface area contributed by atoms with Gasteiger partial charge in [0, 0.05) is 17.3 Å². The van der Waals surface area contributed by atoms with E-state index in [1.165, 1.54) is 26.4 Å². The Morgan fingerprint density at radius 3 is 2.05 bits per heavy atom. The van der Waals surface area contributed by atoms with Crippen molar-refractivity contribution in [1.29, 1.82) is 0 Å². The van der Waals surface area contributed by atoms with Crippen LogP contribution in [-0.4, -0.2) is 25.2 Å². The van der Waals surface area contributed by atoms with Gasteiger partial charge >= 0.3 is 0 Å². The summed E-state index contributed by atoms with van der Waals surface area (Å²) >= 11 is 0. The Morgan fingerprint density at radius 1 is 1.00 bits per heavy atom. The van der Waals surface area contributed by atoms with Crippen LogP contribution in [0.25, 0.3) is 0 Å². The molecule has 2 aromatic rings. The summed E-state index contributed by atoms with van der Waals surface area (Å²) < 4.78 is 10.2. The smallest absolute Gasteiger partial charge is 0.255 e. The van der Waals surface area contributed by atoms with Gasteiger partial charge in [0.1, 0.15) is 17.2 Å². The fourth-order valence-corrected chi connectivity index (χ4v) is 1.69. The number of rotatable bonds is 4. The first-order valence-electron chi connectivity index (χ1n) is 5.96. The third-order valence-electron chi connectivity index (χ3n) is 2.74. The van der Waals surface area contributed by atoms with E-state index in [2.05, 4.69) is 5.32 Å². The van der Waals surface area contributed by atoms with Gasteiger partial charge in [-0.1, -0.05) is 0 Å². The lowest BCUT2D eigenvalue weighted by molar-refractivity contribution is 0.102. The highest BCUT2D eigenvalue weighted by Crippen LogP contribution is 2.23. The number of phenols is 1. The van der Waals surface area contributed by atoms with Crippen LogP contribution in [0.3, 0.4) is 0 Å². The van der Waals surface area contributed by atoms with Crippen molar-refractivity contribution in [2.24, 2.45) is 0 Å². The van der Waals surface area contributed by atoms with Crippen molar-refractivity contribution in [3.63, 3.8) is 0 Å². The summed E-state index contributed by atoms with van der Waals surface area (Å²) in [7, 11) is 3.05. The minimum Gasteiger partial charge on any atom is -0.508 e. The fraction of sp³-hybridized carbons (Fsp3) is 0.133. The van der Waals surface area contributed by atoms with E-state index in [1.54, 1.807) is 30.3 Å².